The van der Waals surface area contributed by atoms with Crippen molar-refractivity contribution in [2.24, 2.45) is 0 Å². The van der Waals surface area contributed by atoms with E-state index in [1.807, 2.05) is 0 Å². The van der Waals surface area contributed by atoms with E-state index in [9.17, 15) is 40.9 Å². The minimum atomic E-state index is -1.42. The lowest BCUT2D eigenvalue weighted by Gasteiger charge is -2.42. The number of aliphatic hydroxyl groups is 2. The molecule has 8 N–H and O–H groups in total. The van der Waals surface area contributed by atoms with Crippen molar-refractivity contribution in [1.29, 1.82) is 0 Å². The van der Waals surface area contributed by atoms with E-state index >= 15 is 0 Å². The van der Waals surface area contributed by atoms with Gasteiger partial charge in [-0.2, -0.15) is 0 Å². The largest absolute Gasteiger partial charge is 0.508 e. The van der Waals surface area contributed by atoms with Crippen molar-refractivity contribution in [2.75, 3.05) is 0 Å². The van der Waals surface area contributed by atoms with Crippen LogP contribution in [0.2, 0.25) is 0 Å². The van der Waals surface area contributed by atoms with Crippen LogP contribution in [-0.4, -0.2) is 53.1 Å². The Hall–Kier alpha value is -4.84. The maximum Gasteiger partial charge on any atom is 0.200 e. The SMILES string of the molecule is Oc1ccc([C@H]2Oc3c(ccc(O)c3O)[C@H](O[C@H]3c4ccc(O)c(O)c4O[C@H](c4ccc(O)cc4)[C@@H]3O)[C@H]2O)cc1. The molecule has 0 aromatic heterocycles. The summed E-state index contributed by atoms with van der Waals surface area (Å²) in [6, 6.07) is 16.9. The highest BCUT2D eigenvalue weighted by molar-refractivity contribution is 5.58. The van der Waals surface area contributed by atoms with Gasteiger partial charge >= 0.3 is 0 Å². The van der Waals surface area contributed by atoms with Crippen molar-refractivity contribution in [2.45, 2.75) is 36.6 Å². The van der Waals surface area contributed by atoms with Gasteiger partial charge in [-0.1, -0.05) is 24.3 Å². The Morgan fingerprint density at radius 1 is 0.488 bits per heavy atom. The van der Waals surface area contributed by atoms with Gasteiger partial charge < -0.3 is 55.1 Å². The molecule has 0 spiro atoms. The third-order valence-corrected chi connectivity index (χ3v) is 7.36. The third-order valence-electron chi connectivity index (χ3n) is 7.36. The molecule has 41 heavy (non-hydrogen) atoms. The molecule has 2 heterocycles. The van der Waals surface area contributed by atoms with Crippen LogP contribution in [0.3, 0.4) is 0 Å². The number of fused-ring (bicyclic) bond motifs is 2. The molecule has 0 amide bonds. The summed E-state index contributed by atoms with van der Waals surface area (Å²) in [6.45, 7) is 0. The number of hydrogen-bond acceptors (Lipinski definition) is 11. The summed E-state index contributed by atoms with van der Waals surface area (Å²) in [5.41, 5.74) is 1.20. The minimum Gasteiger partial charge on any atom is -0.508 e. The summed E-state index contributed by atoms with van der Waals surface area (Å²) in [4.78, 5) is 0. The topological polar surface area (TPSA) is 190 Å². The van der Waals surface area contributed by atoms with Gasteiger partial charge in [-0.05, 0) is 59.7 Å². The van der Waals surface area contributed by atoms with Crippen molar-refractivity contribution in [3.8, 4) is 46.0 Å². The quantitative estimate of drug-likeness (QED) is 0.169. The Balaban J connectivity index is 1.46. The van der Waals surface area contributed by atoms with Crippen molar-refractivity contribution in [3.63, 3.8) is 0 Å². The van der Waals surface area contributed by atoms with Crippen LogP contribution in [0.1, 0.15) is 46.7 Å². The number of aromatic hydroxyl groups is 6. The number of phenolic OH excluding ortho intramolecular Hbond substituents is 6. The number of benzene rings is 4. The molecule has 0 radical (unpaired) electrons. The van der Waals surface area contributed by atoms with Gasteiger partial charge in [0.2, 0.25) is 11.5 Å². The van der Waals surface area contributed by atoms with E-state index in [-0.39, 0.29) is 34.1 Å². The Morgan fingerprint density at radius 2 is 0.854 bits per heavy atom. The van der Waals surface area contributed by atoms with E-state index < -0.39 is 59.6 Å². The first-order valence-corrected chi connectivity index (χ1v) is 12.7. The second kappa shape index (κ2) is 9.97. The molecule has 11 nitrogen and oxygen atoms in total. The second-order valence-corrected chi connectivity index (χ2v) is 9.92. The Labute approximate surface area is 232 Å². The summed E-state index contributed by atoms with van der Waals surface area (Å²) < 4.78 is 18.3. The van der Waals surface area contributed by atoms with Crippen LogP contribution < -0.4 is 9.47 Å². The second-order valence-electron chi connectivity index (χ2n) is 9.92. The molecule has 0 saturated heterocycles. The minimum absolute atomic E-state index is 0.0157. The number of rotatable bonds is 4. The van der Waals surface area contributed by atoms with E-state index in [0.29, 0.717) is 11.1 Å². The first kappa shape index (κ1) is 26.4. The fraction of sp³-hybridized carbons (Fsp3) is 0.200. The van der Waals surface area contributed by atoms with Gasteiger partial charge in [0.15, 0.2) is 35.2 Å². The molecule has 4 aromatic rings. The summed E-state index contributed by atoms with van der Waals surface area (Å²) in [5, 5.41) is 84.2. The Bertz CT molecular complexity index is 1470. The first-order chi connectivity index (χ1) is 19.6. The molecule has 0 unspecified atom stereocenters. The van der Waals surface area contributed by atoms with Crippen molar-refractivity contribution >= 4 is 0 Å². The predicted octanol–water partition coefficient (Wildman–Crippen LogP) is 3.71. The van der Waals surface area contributed by atoms with E-state index in [2.05, 4.69) is 0 Å². The zero-order valence-corrected chi connectivity index (χ0v) is 21.2. The lowest BCUT2D eigenvalue weighted by Crippen LogP contribution is -2.41. The molecular formula is C30H26O11. The molecule has 11 heteroatoms. The van der Waals surface area contributed by atoms with Crippen LogP contribution >= 0.6 is 0 Å². The average molecular weight is 563 g/mol. The number of ether oxygens (including phenoxy) is 3. The van der Waals surface area contributed by atoms with Gasteiger partial charge in [-0.3, -0.25) is 0 Å². The maximum absolute atomic E-state index is 11.5. The van der Waals surface area contributed by atoms with Crippen molar-refractivity contribution in [3.05, 3.63) is 95.1 Å². The van der Waals surface area contributed by atoms with Crippen LogP contribution in [0.15, 0.2) is 72.8 Å². The van der Waals surface area contributed by atoms with E-state index in [4.69, 9.17) is 14.2 Å². The summed E-state index contributed by atoms with van der Waals surface area (Å²) in [7, 11) is 0. The summed E-state index contributed by atoms with van der Waals surface area (Å²) in [6.07, 6.45) is -7.62. The maximum atomic E-state index is 11.5. The van der Waals surface area contributed by atoms with E-state index in [1.54, 1.807) is 0 Å². The fourth-order valence-electron chi connectivity index (χ4n) is 5.25. The van der Waals surface area contributed by atoms with Gasteiger partial charge in [0.1, 0.15) is 35.9 Å². The number of aliphatic hydroxyl groups excluding tert-OH is 2. The van der Waals surface area contributed by atoms with Crippen LogP contribution in [-0.2, 0) is 4.74 Å². The molecule has 2 aliphatic heterocycles. The third kappa shape index (κ3) is 4.45. The van der Waals surface area contributed by atoms with E-state index in [1.165, 1.54) is 72.8 Å². The molecule has 0 bridgehead atoms. The highest BCUT2D eigenvalue weighted by Crippen LogP contribution is 2.55. The van der Waals surface area contributed by atoms with Crippen LogP contribution in [0.5, 0.6) is 46.0 Å². The Kier molecular flexibility index (Phi) is 6.41. The lowest BCUT2D eigenvalue weighted by molar-refractivity contribution is -0.175. The predicted molar refractivity (Wildman–Crippen MR) is 141 cm³/mol. The highest BCUT2D eigenvalue weighted by Gasteiger charge is 2.47. The molecule has 0 saturated carbocycles. The zero-order valence-electron chi connectivity index (χ0n) is 21.2. The van der Waals surface area contributed by atoms with Crippen molar-refractivity contribution < 1.29 is 55.1 Å². The van der Waals surface area contributed by atoms with Gasteiger partial charge in [0.05, 0.1) is 0 Å². The van der Waals surface area contributed by atoms with Gasteiger partial charge in [0, 0.05) is 11.1 Å². The van der Waals surface area contributed by atoms with Crippen molar-refractivity contribution in [1.82, 2.24) is 0 Å². The summed E-state index contributed by atoms with van der Waals surface area (Å²) >= 11 is 0. The summed E-state index contributed by atoms with van der Waals surface area (Å²) in [5.74, 6) is -2.42. The molecular weight excluding hydrogens is 536 g/mol. The number of hydrogen-bond donors (Lipinski definition) is 8. The molecule has 2 aliphatic rings. The average Bonchev–Trinajstić information content (AvgIpc) is 2.96. The first-order valence-electron chi connectivity index (χ1n) is 12.7. The zero-order chi connectivity index (χ0) is 29.0. The Morgan fingerprint density at radius 3 is 1.22 bits per heavy atom. The molecule has 0 fully saturated rings. The molecule has 0 aliphatic carbocycles. The monoisotopic (exact) mass is 562 g/mol. The molecule has 6 atom stereocenters. The van der Waals surface area contributed by atoms with E-state index in [0.717, 1.165) is 0 Å². The fourth-order valence-corrected chi connectivity index (χ4v) is 5.25. The van der Waals surface area contributed by atoms with Gasteiger partial charge in [0.25, 0.3) is 0 Å². The number of phenols is 6. The highest BCUT2D eigenvalue weighted by atomic mass is 16.6. The molecule has 212 valence electrons. The van der Waals surface area contributed by atoms with Gasteiger partial charge in [-0.15, -0.1) is 0 Å². The van der Waals surface area contributed by atoms with Gasteiger partial charge in [-0.25, -0.2) is 0 Å². The van der Waals surface area contributed by atoms with Crippen LogP contribution in [0.4, 0.5) is 0 Å². The molecule has 4 aromatic carbocycles. The standard InChI is InChI=1S/C30H26O11/c31-15-5-1-13(2-6-15)25-23(37)29(17-9-11-19(33)21(35)27(17)39-25)41-30-18-10-12-20(34)22(36)28(18)40-26(24(30)38)14-3-7-16(32)8-4-14/h1-12,23-26,29-38H/t23-,24-,25+,26+,29-,30-/m0/s1. The van der Waals surface area contributed by atoms with Crippen LogP contribution in [0, 0.1) is 0 Å². The van der Waals surface area contributed by atoms with Crippen LogP contribution in [0.25, 0.3) is 0 Å². The lowest BCUT2D eigenvalue weighted by atomic mass is 9.89. The normalized spacial score (nSPS) is 24.9. The molecule has 6 rings (SSSR count). The smallest absolute Gasteiger partial charge is 0.200 e.